The first kappa shape index (κ1) is 13.9. The molecule has 0 saturated carbocycles. The summed E-state index contributed by atoms with van der Waals surface area (Å²) in [6.45, 7) is 3.71. The molecule has 6 nitrogen and oxygen atoms in total. The summed E-state index contributed by atoms with van der Waals surface area (Å²) in [4.78, 5) is 24.6. The minimum atomic E-state index is -0.696. The Balaban J connectivity index is 2.60. The predicted molar refractivity (Wildman–Crippen MR) is 59.2 cm³/mol. The molecule has 1 aliphatic rings. The van der Waals surface area contributed by atoms with Gasteiger partial charge in [0.25, 0.3) is 0 Å². The van der Waals surface area contributed by atoms with Crippen molar-refractivity contribution in [3.05, 3.63) is 0 Å². The SMILES string of the molecule is COC(=O)C1CC(O)CN1C(=O)COC(C)C. The lowest BCUT2D eigenvalue weighted by Gasteiger charge is -2.22. The van der Waals surface area contributed by atoms with Crippen LogP contribution in [0.2, 0.25) is 0 Å². The van der Waals surface area contributed by atoms with Crippen molar-refractivity contribution in [1.29, 1.82) is 0 Å². The number of hydrogen-bond acceptors (Lipinski definition) is 5. The second-order valence-corrected chi connectivity index (χ2v) is 4.33. The molecule has 0 radical (unpaired) electrons. The Hall–Kier alpha value is -1.14. The van der Waals surface area contributed by atoms with Crippen LogP contribution in [0.5, 0.6) is 0 Å². The number of likely N-dealkylation sites (tertiary alicyclic amines) is 1. The summed E-state index contributed by atoms with van der Waals surface area (Å²) in [6.07, 6.45) is -0.509. The fourth-order valence-electron chi connectivity index (χ4n) is 1.77. The fraction of sp³-hybridized carbons (Fsp3) is 0.818. The monoisotopic (exact) mass is 245 g/mol. The largest absolute Gasteiger partial charge is 0.467 e. The van der Waals surface area contributed by atoms with Crippen LogP contribution >= 0.6 is 0 Å². The number of amides is 1. The smallest absolute Gasteiger partial charge is 0.328 e. The number of methoxy groups -OCH3 is 1. The van der Waals surface area contributed by atoms with Crippen molar-refractivity contribution < 1.29 is 24.2 Å². The lowest BCUT2D eigenvalue weighted by atomic mass is 10.2. The Bertz CT molecular complexity index is 292. The number of β-amino-alcohol motifs (C(OH)–C–C–N with tert-alkyl or cyclic N) is 1. The van der Waals surface area contributed by atoms with Gasteiger partial charge in [0, 0.05) is 13.0 Å². The second-order valence-electron chi connectivity index (χ2n) is 4.33. The first-order valence-corrected chi connectivity index (χ1v) is 5.62. The standard InChI is InChI=1S/C11H19NO5/c1-7(2)17-6-10(14)12-5-8(13)4-9(12)11(15)16-3/h7-9,13H,4-6H2,1-3H3. The number of esters is 1. The zero-order chi connectivity index (χ0) is 13.0. The summed E-state index contributed by atoms with van der Waals surface area (Å²) in [6, 6.07) is -0.696. The Morgan fingerprint density at radius 3 is 2.65 bits per heavy atom. The normalized spacial score (nSPS) is 24.2. The highest BCUT2D eigenvalue weighted by Crippen LogP contribution is 2.19. The van der Waals surface area contributed by atoms with Crippen molar-refractivity contribution in [3.63, 3.8) is 0 Å². The van der Waals surface area contributed by atoms with Gasteiger partial charge in [0.1, 0.15) is 12.6 Å². The molecule has 0 aromatic rings. The molecule has 1 amide bonds. The number of hydrogen-bond donors (Lipinski definition) is 1. The number of rotatable bonds is 4. The summed E-state index contributed by atoms with van der Waals surface area (Å²) < 4.78 is 9.79. The van der Waals surface area contributed by atoms with Crippen molar-refractivity contribution in [1.82, 2.24) is 4.90 Å². The number of carbonyl (C=O) groups is 2. The molecule has 6 heteroatoms. The van der Waals surface area contributed by atoms with Gasteiger partial charge in [0.05, 0.1) is 19.3 Å². The molecule has 1 saturated heterocycles. The molecule has 1 rings (SSSR count). The molecule has 0 aromatic heterocycles. The van der Waals surface area contributed by atoms with Gasteiger partial charge < -0.3 is 19.5 Å². The molecule has 2 unspecified atom stereocenters. The zero-order valence-corrected chi connectivity index (χ0v) is 10.4. The Kier molecular flexibility index (Phi) is 4.89. The molecule has 0 bridgehead atoms. The van der Waals surface area contributed by atoms with Crippen LogP contribution in [0.3, 0.4) is 0 Å². The Labute approximate surface area is 100 Å². The van der Waals surface area contributed by atoms with Crippen LogP contribution in [0.1, 0.15) is 20.3 Å². The van der Waals surface area contributed by atoms with Gasteiger partial charge >= 0.3 is 5.97 Å². The second kappa shape index (κ2) is 5.97. The molecular weight excluding hydrogens is 226 g/mol. The third-order valence-corrected chi connectivity index (χ3v) is 2.61. The van der Waals surface area contributed by atoms with Crippen LogP contribution in [-0.2, 0) is 19.1 Å². The highest BCUT2D eigenvalue weighted by Gasteiger charge is 2.39. The Morgan fingerprint density at radius 2 is 2.12 bits per heavy atom. The number of aliphatic hydroxyl groups is 1. The van der Waals surface area contributed by atoms with Gasteiger partial charge in [-0.3, -0.25) is 4.79 Å². The maximum absolute atomic E-state index is 11.8. The molecule has 2 atom stereocenters. The molecule has 0 spiro atoms. The highest BCUT2D eigenvalue weighted by atomic mass is 16.5. The van der Waals surface area contributed by atoms with Crippen molar-refractivity contribution >= 4 is 11.9 Å². The average Bonchev–Trinajstić information content (AvgIpc) is 2.67. The zero-order valence-electron chi connectivity index (χ0n) is 10.4. The van der Waals surface area contributed by atoms with Crippen molar-refractivity contribution in [2.24, 2.45) is 0 Å². The molecule has 17 heavy (non-hydrogen) atoms. The third kappa shape index (κ3) is 3.67. The van der Waals surface area contributed by atoms with Gasteiger partial charge in [-0.15, -0.1) is 0 Å². The van der Waals surface area contributed by atoms with Gasteiger partial charge in [0.2, 0.25) is 5.91 Å². The van der Waals surface area contributed by atoms with E-state index >= 15 is 0 Å². The summed E-state index contributed by atoms with van der Waals surface area (Å²) in [5.41, 5.74) is 0. The number of nitrogens with zero attached hydrogens (tertiary/aromatic N) is 1. The van der Waals surface area contributed by atoms with Gasteiger partial charge in [-0.1, -0.05) is 0 Å². The van der Waals surface area contributed by atoms with E-state index in [1.165, 1.54) is 12.0 Å². The molecule has 1 N–H and O–H groups in total. The van der Waals surface area contributed by atoms with Crippen molar-refractivity contribution in [2.45, 2.75) is 38.5 Å². The van der Waals surface area contributed by atoms with Gasteiger partial charge in [-0.25, -0.2) is 4.79 Å². The van der Waals surface area contributed by atoms with E-state index in [0.29, 0.717) is 0 Å². The molecule has 1 aliphatic heterocycles. The van der Waals surface area contributed by atoms with Gasteiger partial charge in [0.15, 0.2) is 0 Å². The van der Waals surface area contributed by atoms with Gasteiger partial charge in [-0.2, -0.15) is 0 Å². The number of aliphatic hydroxyl groups excluding tert-OH is 1. The fourth-order valence-corrected chi connectivity index (χ4v) is 1.77. The van der Waals surface area contributed by atoms with E-state index in [1.807, 2.05) is 13.8 Å². The third-order valence-electron chi connectivity index (χ3n) is 2.61. The van der Waals surface area contributed by atoms with Crippen LogP contribution < -0.4 is 0 Å². The summed E-state index contributed by atoms with van der Waals surface area (Å²) in [7, 11) is 1.26. The van der Waals surface area contributed by atoms with Crippen LogP contribution in [0.25, 0.3) is 0 Å². The lowest BCUT2D eigenvalue weighted by molar-refractivity contribution is -0.153. The minimum absolute atomic E-state index is 0.0527. The predicted octanol–water partition coefficient (Wildman–Crippen LogP) is -0.454. The highest BCUT2D eigenvalue weighted by molar-refractivity contribution is 5.86. The maximum atomic E-state index is 11.8. The van der Waals surface area contributed by atoms with Crippen LogP contribution in [0.15, 0.2) is 0 Å². The van der Waals surface area contributed by atoms with E-state index in [9.17, 15) is 14.7 Å². The van der Waals surface area contributed by atoms with E-state index in [4.69, 9.17) is 4.74 Å². The number of ether oxygens (including phenoxy) is 2. The topological polar surface area (TPSA) is 76.1 Å². The van der Waals surface area contributed by atoms with E-state index in [-0.39, 0.29) is 31.6 Å². The van der Waals surface area contributed by atoms with Crippen LogP contribution in [0.4, 0.5) is 0 Å². The van der Waals surface area contributed by atoms with Crippen LogP contribution in [-0.4, -0.2) is 60.4 Å². The molecule has 1 heterocycles. The average molecular weight is 245 g/mol. The van der Waals surface area contributed by atoms with E-state index in [2.05, 4.69) is 4.74 Å². The molecule has 98 valence electrons. The summed E-state index contributed by atoms with van der Waals surface area (Å²) >= 11 is 0. The van der Waals surface area contributed by atoms with E-state index < -0.39 is 18.1 Å². The van der Waals surface area contributed by atoms with E-state index in [1.54, 1.807) is 0 Å². The molecule has 0 aliphatic carbocycles. The maximum Gasteiger partial charge on any atom is 0.328 e. The van der Waals surface area contributed by atoms with Crippen molar-refractivity contribution in [3.8, 4) is 0 Å². The first-order valence-electron chi connectivity index (χ1n) is 5.62. The van der Waals surface area contributed by atoms with E-state index in [0.717, 1.165) is 0 Å². The summed E-state index contributed by atoms with van der Waals surface area (Å²) in [5.74, 6) is -0.801. The lowest BCUT2D eigenvalue weighted by Crippen LogP contribution is -2.43. The quantitative estimate of drug-likeness (QED) is 0.679. The summed E-state index contributed by atoms with van der Waals surface area (Å²) in [5, 5.41) is 9.50. The number of carbonyl (C=O) groups excluding carboxylic acids is 2. The van der Waals surface area contributed by atoms with Crippen LogP contribution in [0, 0.1) is 0 Å². The molecule has 0 aromatic carbocycles. The van der Waals surface area contributed by atoms with Gasteiger partial charge in [-0.05, 0) is 13.8 Å². The minimum Gasteiger partial charge on any atom is -0.467 e. The molecule has 1 fully saturated rings. The first-order chi connectivity index (χ1) is 7.95. The molecular formula is C11H19NO5. The van der Waals surface area contributed by atoms with Crippen molar-refractivity contribution in [2.75, 3.05) is 20.3 Å². The Morgan fingerprint density at radius 1 is 1.47 bits per heavy atom.